The summed E-state index contributed by atoms with van der Waals surface area (Å²) in [7, 11) is 0. The average Bonchev–Trinajstić information content (AvgIpc) is 3.46. The number of halogens is 4. The molecule has 5 rings (SSSR count). The van der Waals surface area contributed by atoms with Gasteiger partial charge in [0.2, 0.25) is 5.88 Å². The molecule has 1 amide bonds. The van der Waals surface area contributed by atoms with Crippen LogP contribution in [-0.4, -0.2) is 57.1 Å². The van der Waals surface area contributed by atoms with Gasteiger partial charge in [-0.2, -0.15) is 13.2 Å². The number of aromatic nitrogens is 4. The van der Waals surface area contributed by atoms with Gasteiger partial charge >= 0.3 is 6.18 Å². The minimum Gasteiger partial charge on any atom is -0.477 e. The zero-order valence-corrected chi connectivity index (χ0v) is 24.9. The number of amides is 1. The zero-order valence-electron chi connectivity index (χ0n) is 23.3. The molecule has 0 bridgehead atoms. The number of nitrogens with one attached hydrogen (secondary N) is 3. The average molecular weight is 624 g/mol. The number of rotatable bonds is 12. The Morgan fingerprint density at radius 2 is 2.02 bits per heavy atom. The van der Waals surface area contributed by atoms with E-state index in [1.165, 1.54) is 16.8 Å². The van der Waals surface area contributed by atoms with Crippen LogP contribution in [0.3, 0.4) is 0 Å². The van der Waals surface area contributed by atoms with Crippen molar-refractivity contribution in [3.63, 3.8) is 0 Å². The van der Waals surface area contributed by atoms with Crippen molar-refractivity contribution in [1.82, 2.24) is 29.8 Å². The van der Waals surface area contributed by atoms with Gasteiger partial charge in [0, 0.05) is 36.3 Å². The summed E-state index contributed by atoms with van der Waals surface area (Å²) in [5.74, 6) is 1.42. The number of pyridine rings is 2. The topological polar surface area (TPSA) is 106 Å². The van der Waals surface area contributed by atoms with E-state index in [2.05, 4.69) is 44.3 Å². The fraction of sp³-hybridized carbons (Fsp3) is 0.500. The molecule has 42 heavy (non-hydrogen) atoms. The standard InChI is InChI=1S/C28H33ClF3N7O2S/c1-26(2)16-18(17-34-26)8-13-33-20-4-3-5-23(35-20)42-38-25(40)19-6-7-21(36-24(19)29)39-14-9-22(37-39)41-15-12-27(10-11-27)28(30,31)32/h3-7,9,14,18,34H,8,10-13,15-17H2,1-2H3,(H,33,35)(H,38,40). The first-order chi connectivity index (χ1) is 19.9. The molecular formula is C28H33ClF3N7O2S. The third kappa shape index (κ3) is 7.48. The molecule has 1 aliphatic heterocycles. The lowest BCUT2D eigenvalue weighted by atomic mass is 9.95. The van der Waals surface area contributed by atoms with Crippen LogP contribution in [0.4, 0.5) is 19.0 Å². The summed E-state index contributed by atoms with van der Waals surface area (Å²) in [6, 6.07) is 10.2. The molecular weight excluding hydrogens is 591 g/mol. The number of hydrogen-bond donors (Lipinski definition) is 3. The van der Waals surface area contributed by atoms with Gasteiger partial charge in [-0.05, 0) is 82.7 Å². The molecule has 14 heteroatoms. The number of carbonyl (C=O) groups excluding carboxylic acids is 1. The fourth-order valence-electron chi connectivity index (χ4n) is 5.03. The molecule has 3 aromatic heterocycles. The molecule has 2 aliphatic rings. The van der Waals surface area contributed by atoms with Gasteiger partial charge in [0.05, 0.1) is 17.6 Å². The van der Waals surface area contributed by atoms with Crippen LogP contribution in [0.1, 0.15) is 56.3 Å². The zero-order chi connectivity index (χ0) is 30.0. The number of anilines is 1. The molecule has 3 aromatic rings. The van der Waals surface area contributed by atoms with E-state index in [9.17, 15) is 18.0 Å². The van der Waals surface area contributed by atoms with Gasteiger partial charge in [0.15, 0.2) is 5.82 Å². The minimum absolute atomic E-state index is 0.0302. The maximum Gasteiger partial charge on any atom is 0.394 e. The van der Waals surface area contributed by atoms with Crippen molar-refractivity contribution in [2.24, 2.45) is 11.3 Å². The molecule has 1 unspecified atom stereocenters. The Hall–Kier alpha value is -3.03. The van der Waals surface area contributed by atoms with E-state index in [1.807, 2.05) is 12.1 Å². The van der Waals surface area contributed by atoms with Crippen LogP contribution >= 0.6 is 23.5 Å². The lowest BCUT2D eigenvalue weighted by Crippen LogP contribution is -2.31. The van der Waals surface area contributed by atoms with E-state index in [4.69, 9.17) is 16.3 Å². The number of hydrogen-bond acceptors (Lipinski definition) is 8. The van der Waals surface area contributed by atoms with E-state index >= 15 is 0 Å². The maximum absolute atomic E-state index is 13.1. The van der Waals surface area contributed by atoms with Crippen molar-refractivity contribution in [3.8, 4) is 11.7 Å². The van der Waals surface area contributed by atoms with E-state index in [-0.39, 0.29) is 48.0 Å². The van der Waals surface area contributed by atoms with Crippen molar-refractivity contribution in [2.75, 3.05) is 25.0 Å². The first-order valence-electron chi connectivity index (χ1n) is 13.8. The SMILES string of the molecule is CC1(C)CC(CCNc2cccc(SNC(=O)c3ccc(-n4ccc(OCCC5(C(F)(F)F)CC5)n4)nc3Cl)n2)CN1. The van der Waals surface area contributed by atoms with Gasteiger partial charge in [0.1, 0.15) is 16.0 Å². The van der Waals surface area contributed by atoms with Gasteiger partial charge in [-0.1, -0.05) is 17.7 Å². The monoisotopic (exact) mass is 623 g/mol. The van der Waals surface area contributed by atoms with Crippen LogP contribution in [0.2, 0.25) is 5.15 Å². The molecule has 2 fully saturated rings. The van der Waals surface area contributed by atoms with Crippen LogP contribution in [0.15, 0.2) is 47.6 Å². The molecule has 0 aromatic carbocycles. The Balaban J connectivity index is 1.10. The van der Waals surface area contributed by atoms with Crippen molar-refractivity contribution in [1.29, 1.82) is 0 Å². The maximum atomic E-state index is 13.1. The van der Waals surface area contributed by atoms with E-state index in [1.54, 1.807) is 18.3 Å². The van der Waals surface area contributed by atoms with Crippen LogP contribution in [0.5, 0.6) is 5.88 Å². The van der Waals surface area contributed by atoms with E-state index < -0.39 is 17.5 Å². The van der Waals surface area contributed by atoms with Gasteiger partial charge in [-0.25, -0.2) is 14.6 Å². The molecule has 1 atom stereocenters. The normalized spacial score (nSPS) is 19.0. The highest BCUT2D eigenvalue weighted by atomic mass is 35.5. The first kappa shape index (κ1) is 30.4. The summed E-state index contributed by atoms with van der Waals surface area (Å²) < 4.78 is 48.8. The van der Waals surface area contributed by atoms with Crippen molar-refractivity contribution in [2.45, 2.75) is 62.7 Å². The molecule has 0 radical (unpaired) electrons. The van der Waals surface area contributed by atoms with E-state index in [0.29, 0.717) is 16.8 Å². The van der Waals surface area contributed by atoms with Crippen LogP contribution in [-0.2, 0) is 0 Å². The van der Waals surface area contributed by atoms with Crippen LogP contribution in [0.25, 0.3) is 5.82 Å². The molecule has 9 nitrogen and oxygen atoms in total. The highest BCUT2D eigenvalue weighted by Gasteiger charge is 2.62. The van der Waals surface area contributed by atoms with Crippen LogP contribution < -0.4 is 20.1 Å². The molecule has 1 aliphatic carbocycles. The van der Waals surface area contributed by atoms with Crippen molar-refractivity contribution < 1.29 is 22.7 Å². The second kappa shape index (κ2) is 12.3. The molecule has 4 heterocycles. The van der Waals surface area contributed by atoms with Gasteiger partial charge in [-0.3, -0.25) is 9.52 Å². The minimum atomic E-state index is -4.22. The van der Waals surface area contributed by atoms with E-state index in [0.717, 1.165) is 43.7 Å². The summed E-state index contributed by atoms with van der Waals surface area (Å²) >= 11 is 7.38. The lowest BCUT2D eigenvalue weighted by molar-refractivity contribution is -0.190. The van der Waals surface area contributed by atoms with Crippen molar-refractivity contribution >= 4 is 35.3 Å². The highest BCUT2D eigenvalue weighted by Crippen LogP contribution is 2.59. The fourth-order valence-corrected chi connectivity index (χ4v) is 5.86. The number of ether oxygens (including phenoxy) is 1. The summed E-state index contributed by atoms with van der Waals surface area (Å²) in [4.78, 5) is 21.6. The molecule has 226 valence electrons. The molecule has 3 N–H and O–H groups in total. The van der Waals surface area contributed by atoms with Gasteiger partial charge in [0.25, 0.3) is 5.91 Å². The number of nitrogens with zero attached hydrogens (tertiary/aromatic N) is 4. The molecule has 0 spiro atoms. The Bertz CT molecular complexity index is 1410. The summed E-state index contributed by atoms with van der Waals surface area (Å²) in [5.41, 5.74) is -1.27. The lowest BCUT2D eigenvalue weighted by Gasteiger charge is -2.18. The predicted octanol–water partition coefficient (Wildman–Crippen LogP) is 6.05. The van der Waals surface area contributed by atoms with Gasteiger partial charge < -0.3 is 15.4 Å². The highest BCUT2D eigenvalue weighted by molar-refractivity contribution is 7.97. The largest absolute Gasteiger partial charge is 0.477 e. The molecule has 1 saturated heterocycles. The van der Waals surface area contributed by atoms with Crippen molar-refractivity contribution in [3.05, 3.63) is 53.3 Å². The number of carbonyl (C=O) groups is 1. The second-order valence-electron chi connectivity index (χ2n) is 11.4. The summed E-state index contributed by atoms with van der Waals surface area (Å²) in [6.07, 6.45) is -0.316. The predicted molar refractivity (Wildman–Crippen MR) is 155 cm³/mol. The summed E-state index contributed by atoms with van der Waals surface area (Å²) in [5, 5.41) is 11.7. The first-order valence-corrected chi connectivity index (χ1v) is 15.0. The third-order valence-corrected chi connectivity index (χ3v) is 8.67. The molecule has 1 saturated carbocycles. The second-order valence-corrected chi connectivity index (χ2v) is 12.6. The smallest absolute Gasteiger partial charge is 0.394 e. The summed E-state index contributed by atoms with van der Waals surface area (Å²) in [6.45, 7) is 6.18. The van der Waals surface area contributed by atoms with Gasteiger partial charge in [-0.15, -0.1) is 5.10 Å². The quantitative estimate of drug-likeness (QED) is 0.165. The van der Waals surface area contributed by atoms with Crippen LogP contribution in [0, 0.1) is 11.3 Å². The Kier molecular flexibility index (Phi) is 8.91. The Morgan fingerprint density at radius 3 is 2.71 bits per heavy atom. The Labute approximate surface area is 251 Å². The third-order valence-electron chi connectivity index (χ3n) is 7.66. The number of alkyl halides is 3. The Morgan fingerprint density at radius 1 is 1.21 bits per heavy atom.